The number of carboxylic acid groups (broad SMARTS) is 1. The Hall–Kier alpha value is -1.79. The summed E-state index contributed by atoms with van der Waals surface area (Å²) in [5.41, 5.74) is 5.20. The van der Waals surface area contributed by atoms with Crippen LogP contribution in [-0.2, 0) is 9.59 Å². The van der Waals surface area contributed by atoms with Gasteiger partial charge >= 0.3 is 12.0 Å². The van der Waals surface area contributed by atoms with E-state index in [4.69, 9.17) is 10.8 Å². The average molecular weight is 257 g/mol. The summed E-state index contributed by atoms with van der Waals surface area (Å²) < 4.78 is 0. The summed E-state index contributed by atoms with van der Waals surface area (Å²) in [6, 6.07) is -1.23. The predicted octanol–water partition coefficient (Wildman–Crippen LogP) is -0.147. The summed E-state index contributed by atoms with van der Waals surface area (Å²) in [6.45, 7) is 2.35. The van der Waals surface area contributed by atoms with Crippen molar-refractivity contribution in [3.8, 4) is 0 Å². The molecule has 102 valence electrons. The Kier molecular flexibility index (Phi) is 4.94. The molecule has 1 aliphatic rings. The van der Waals surface area contributed by atoms with Crippen LogP contribution >= 0.6 is 0 Å². The van der Waals surface area contributed by atoms with Crippen LogP contribution in [0.1, 0.15) is 26.2 Å². The summed E-state index contributed by atoms with van der Waals surface area (Å²) in [4.78, 5) is 36.7. The van der Waals surface area contributed by atoms with Gasteiger partial charge in [0.25, 0.3) is 0 Å². The van der Waals surface area contributed by atoms with Gasteiger partial charge in [-0.15, -0.1) is 0 Å². The van der Waals surface area contributed by atoms with Gasteiger partial charge in [0.1, 0.15) is 12.6 Å². The molecule has 1 rings (SSSR count). The molecule has 0 aromatic carbocycles. The van der Waals surface area contributed by atoms with Crippen molar-refractivity contribution < 1.29 is 19.5 Å². The Morgan fingerprint density at radius 1 is 1.44 bits per heavy atom. The van der Waals surface area contributed by atoms with Crippen LogP contribution in [0.5, 0.6) is 0 Å². The molecular formula is C11H19N3O4. The van der Waals surface area contributed by atoms with E-state index in [9.17, 15) is 14.4 Å². The van der Waals surface area contributed by atoms with Gasteiger partial charge in [-0.05, 0) is 19.3 Å². The summed E-state index contributed by atoms with van der Waals surface area (Å²) >= 11 is 0. The van der Waals surface area contributed by atoms with Crippen LogP contribution in [0.2, 0.25) is 0 Å². The third kappa shape index (κ3) is 3.35. The molecule has 18 heavy (non-hydrogen) atoms. The first-order valence-corrected chi connectivity index (χ1v) is 6.04. The highest BCUT2D eigenvalue weighted by atomic mass is 16.4. The number of rotatable bonds is 5. The molecule has 0 unspecified atom stereocenters. The minimum atomic E-state index is -1.06. The first-order valence-electron chi connectivity index (χ1n) is 6.04. The minimum absolute atomic E-state index is 0.324. The molecule has 1 aliphatic heterocycles. The van der Waals surface area contributed by atoms with Crippen molar-refractivity contribution in [1.82, 2.24) is 9.80 Å². The largest absolute Gasteiger partial charge is 0.480 e. The Morgan fingerprint density at radius 2 is 2.11 bits per heavy atom. The van der Waals surface area contributed by atoms with Crippen molar-refractivity contribution in [3.05, 3.63) is 0 Å². The lowest BCUT2D eigenvalue weighted by atomic mass is 10.2. The van der Waals surface area contributed by atoms with Crippen LogP contribution in [0.3, 0.4) is 0 Å². The number of carbonyl (C=O) groups is 3. The third-order valence-electron chi connectivity index (χ3n) is 2.95. The minimum Gasteiger partial charge on any atom is -0.480 e. The SMILES string of the molecule is CCCN(CC(=O)O)C(=O)[C@@H]1CCCN1C(N)=O. The third-order valence-corrected chi connectivity index (χ3v) is 2.95. The number of hydrogen-bond donors (Lipinski definition) is 2. The molecule has 3 amide bonds. The van der Waals surface area contributed by atoms with Gasteiger partial charge in [0, 0.05) is 13.1 Å². The quantitative estimate of drug-likeness (QED) is 0.714. The highest BCUT2D eigenvalue weighted by Crippen LogP contribution is 2.19. The van der Waals surface area contributed by atoms with Gasteiger partial charge in [-0.3, -0.25) is 9.59 Å². The van der Waals surface area contributed by atoms with Gasteiger partial charge in [0.05, 0.1) is 0 Å². The van der Waals surface area contributed by atoms with Crippen molar-refractivity contribution >= 4 is 17.9 Å². The summed E-state index contributed by atoms with van der Waals surface area (Å²) in [5, 5.41) is 8.78. The molecule has 0 aromatic heterocycles. The van der Waals surface area contributed by atoms with E-state index in [1.54, 1.807) is 0 Å². The number of likely N-dealkylation sites (tertiary alicyclic amines) is 1. The van der Waals surface area contributed by atoms with Gasteiger partial charge in [-0.2, -0.15) is 0 Å². The Balaban J connectivity index is 2.75. The van der Waals surface area contributed by atoms with Crippen LogP contribution in [-0.4, -0.2) is 58.5 Å². The number of urea groups is 1. The fourth-order valence-corrected chi connectivity index (χ4v) is 2.20. The number of nitrogens with two attached hydrogens (primary N) is 1. The number of carboxylic acids is 1. The van der Waals surface area contributed by atoms with Crippen LogP contribution in [0, 0.1) is 0 Å². The Labute approximate surface area is 106 Å². The van der Waals surface area contributed by atoms with Crippen molar-refractivity contribution in [2.45, 2.75) is 32.2 Å². The summed E-state index contributed by atoms with van der Waals surface area (Å²) in [5.74, 6) is -1.38. The van der Waals surface area contributed by atoms with Crippen molar-refractivity contribution in [1.29, 1.82) is 0 Å². The maximum atomic E-state index is 12.2. The van der Waals surface area contributed by atoms with Crippen molar-refractivity contribution in [2.24, 2.45) is 5.73 Å². The molecule has 0 aromatic rings. The molecule has 0 saturated carbocycles. The van der Waals surface area contributed by atoms with Gasteiger partial charge in [-0.25, -0.2) is 4.79 Å². The fraction of sp³-hybridized carbons (Fsp3) is 0.727. The summed E-state index contributed by atoms with van der Waals surface area (Å²) in [6.07, 6.45) is 1.93. The van der Waals surface area contributed by atoms with Gasteiger partial charge in [0.15, 0.2) is 0 Å². The van der Waals surface area contributed by atoms with E-state index in [1.807, 2.05) is 6.92 Å². The van der Waals surface area contributed by atoms with Crippen LogP contribution < -0.4 is 5.73 Å². The molecule has 0 aliphatic carbocycles. The molecule has 1 saturated heterocycles. The predicted molar refractivity (Wildman–Crippen MR) is 63.8 cm³/mol. The first kappa shape index (κ1) is 14.3. The number of aliphatic carboxylic acids is 1. The van der Waals surface area contributed by atoms with Gasteiger partial charge in [-0.1, -0.05) is 6.92 Å². The van der Waals surface area contributed by atoms with Crippen molar-refractivity contribution in [2.75, 3.05) is 19.6 Å². The maximum absolute atomic E-state index is 12.2. The highest BCUT2D eigenvalue weighted by molar-refractivity contribution is 5.89. The van der Waals surface area contributed by atoms with Gasteiger partial charge < -0.3 is 20.6 Å². The molecule has 1 atom stereocenters. The van der Waals surface area contributed by atoms with E-state index in [-0.39, 0.29) is 12.5 Å². The zero-order chi connectivity index (χ0) is 13.7. The maximum Gasteiger partial charge on any atom is 0.323 e. The smallest absolute Gasteiger partial charge is 0.323 e. The lowest BCUT2D eigenvalue weighted by molar-refractivity contribution is -0.146. The standard InChI is InChI=1S/C11H19N3O4/c1-2-5-13(7-9(15)16)10(17)8-4-3-6-14(8)11(12)18/h8H,2-7H2,1H3,(H2,12,18)(H,15,16)/t8-/m0/s1. The molecule has 0 radical (unpaired) electrons. The molecular weight excluding hydrogens is 238 g/mol. The second-order valence-electron chi connectivity index (χ2n) is 4.34. The molecule has 3 N–H and O–H groups in total. The number of carbonyl (C=O) groups excluding carboxylic acids is 2. The van der Waals surface area contributed by atoms with Crippen LogP contribution in [0.25, 0.3) is 0 Å². The van der Waals surface area contributed by atoms with Crippen LogP contribution in [0.4, 0.5) is 4.79 Å². The number of hydrogen-bond acceptors (Lipinski definition) is 3. The second-order valence-corrected chi connectivity index (χ2v) is 4.34. The normalized spacial score (nSPS) is 18.7. The number of primary amides is 1. The van der Waals surface area contributed by atoms with E-state index >= 15 is 0 Å². The van der Waals surface area contributed by atoms with Crippen LogP contribution in [0.15, 0.2) is 0 Å². The molecule has 0 bridgehead atoms. The van der Waals surface area contributed by atoms with E-state index in [0.29, 0.717) is 32.4 Å². The average Bonchev–Trinajstić information content (AvgIpc) is 2.75. The number of nitrogens with zero attached hydrogens (tertiary/aromatic N) is 2. The van der Waals surface area contributed by atoms with Crippen molar-refractivity contribution in [3.63, 3.8) is 0 Å². The Morgan fingerprint density at radius 3 is 2.61 bits per heavy atom. The van der Waals surface area contributed by atoms with E-state index in [1.165, 1.54) is 9.80 Å². The van der Waals surface area contributed by atoms with Gasteiger partial charge in [0.2, 0.25) is 5.91 Å². The highest BCUT2D eigenvalue weighted by Gasteiger charge is 2.35. The zero-order valence-electron chi connectivity index (χ0n) is 10.5. The zero-order valence-corrected chi connectivity index (χ0v) is 10.5. The molecule has 0 spiro atoms. The Bertz CT molecular complexity index is 345. The molecule has 7 nitrogen and oxygen atoms in total. The topological polar surface area (TPSA) is 104 Å². The van der Waals surface area contributed by atoms with E-state index in [0.717, 1.165) is 0 Å². The first-order chi connectivity index (χ1) is 8.47. The fourth-order valence-electron chi connectivity index (χ4n) is 2.20. The lowest BCUT2D eigenvalue weighted by Gasteiger charge is -2.28. The molecule has 1 heterocycles. The number of amides is 3. The second kappa shape index (κ2) is 6.23. The molecule has 7 heteroatoms. The lowest BCUT2D eigenvalue weighted by Crippen LogP contribution is -2.50. The van der Waals surface area contributed by atoms with E-state index in [2.05, 4.69) is 0 Å². The summed E-state index contributed by atoms with van der Waals surface area (Å²) in [7, 11) is 0. The monoisotopic (exact) mass is 257 g/mol. The molecule has 1 fully saturated rings. The van der Waals surface area contributed by atoms with E-state index < -0.39 is 18.0 Å².